The molecule has 0 radical (unpaired) electrons. The molecule has 0 N–H and O–H groups in total. The third kappa shape index (κ3) is 3.02. The fraction of sp³-hybridized carbons (Fsp3) is 0.636. The van der Waals surface area contributed by atoms with Crippen LogP contribution in [0.15, 0.2) is 30.3 Å². The van der Waals surface area contributed by atoms with Crippen LogP contribution in [0.4, 0.5) is 10.1 Å². The molecule has 1 heterocycles. The van der Waals surface area contributed by atoms with E-state index in [2.05, 4.69) is 0 Å². The maximum Gasteiger partial charge on any atom is 0.268 e. The maximum atomic E-state index is 15.6. The molecular weight excluding hydrogens is 409 g/mol. The van der Waals surface area contributed by atoms with Crippen LogP contribution in [0.5, 0.6) is 0 Å². The number of anilines is 1. The third-order valence-electron chi connectivity index (χ3n) is 7.87. The number of para-hydroxylation sites is 1. The van der Waals surface area contributed by atoms with Crippen molar-refractivity contribution in [1.82, 2.24) is 0 Å². The highest BCUT2D eigenvalue weighted by Crippen LogP contribution is 2.64. The molecule has 3 aliphatic rings. The average Bonchev–Trinajstić information content (AvgIpc) is 3.17. The number of ketones is 1. The first-order valence-corrected chi connectivity index (χ1v) is 12.0. The number of hydrogen-bond donors (Lipinski definition) is 0. The first kappa shape index (κ1) is 21.4. The number of alkyl halides is 1. The van der Waals surface area contributed by atoms with Gasteiger partial charge in [-0.2, -0.15) is 8.42 Å². The van der Waals surface area contributed by atoms with Crippen molar-refractivity contribution in [2.45, 2.75) is 58.2 Å². The van der Waals surface area contributed by atoms with Crippen molar-refractivity contribution in [2.75, 3.05) is 17.2 Å². The van der Waals surface area contributed by atoms with Gasteiger partial charge in [-0.1, -0.05) is 32.0 Å². The van der Waals surface area contributed by atoms with Crippen LogP contribution in [0.25, 0.3) is 0 Å². The summed E-state index contributed by atoms with van der Waals surface area (Å²) in [5.74, 6) is -1.14. The molecule has 4 rings (SSSR count). The number of fused-ring (bicyclic) bond motifs is 2. The average molecular weight is 438 g/mol. The van der Waals surface area contributed by atoms with Crippen molar-refractivity contribution in [3.05, 3.63) is 30.3 Å². The molecule has 30 heavy (non-hydrogen) atoms. The summed E-state index contributed by atoms with van der Waals surface area (Å²) in [7, 11) is -4.22. The quantitative estimate of drug-likeness (QED) is 0.638. The molecule has 1 aromatic rings. The normalized spacial score (nSPS) is 34.0. The number of nitrogens with zero attached hydrogens (tertiary/aromatic N) is 1. The summed E-state index contributed by atoms with van der Waals surface area (Å²) in [6.45, 7) is 5.29. The van der Waals surface area contributed by atoms with Crippen molar-refractivity contribution in [2.24, 2.45) is 16.7 Å². The van der Waals surface area contributed by atoms with E-state index < -0.39 is 44.4 Å². The van der Waals surface area contributed by atoms with Crippen molar-refractivity contribution >= 4 is 27.5 Å². The Morgan fingerprint density at radius 1 is 1.20 bits per heavy atom. The SMILES string of the molecule is C[C@H](OS(=O)(=O)C[C@]12CCC(CC1=O)C2(C)C)[C@]1(F)CCN(c2ccccc2)C1=O. The Bertz CT molecular complexity index is 979. The van der Waals surface area contributed by atoms with E-state index in [-0.39, 0.29) is 24.7 Å². The predicted molar refractivity (Wildman–Crippen MR) is 110 cm³/mol. The number of amides is 1. The molecule has 6 nitrogen and oxygen atoms in total. The Morgan fingerprint density at radius 3 is 2.43 bits per heavy atom. The zero-order chi connectivity index (χ0) is 21.9. The molecule has 2 bridgehead atoms. The van der Waals surface area contributed by atoms with Gasteiger partial charge < -0.3 is 4.90 Å². The summed E-state index contributed by atoms with van der Waals surface area (Å²) in [6.07, 6.45) is 0.0607. The molecule has 8 heteroatoms. The third-order valence-corrected chi connectivity index (χ3v) is 9.29. The molecular formula is C22H28FNO5S. The molecule has 2 saturated carbocycles. The maximum absolute atomic E-state index is 15.6. The summed E-state index contributed by atoms with van der Waals surface area (Å²) in [5.41, 5.74) is -3.31. The second-order valence-corrected chi connectivity index (χ2v) is 11.1. The van der Waals surface area contributed by atoms with Crippen LogP contribution in [-0.2, 0) is 23.9 Å². The Morgan fingerprint density at radius 2 is 1.87 bits per heavy atom. The van der Waals surface area contributed by atoms with Crippen LogP contribution in [0, 0.1) is 16.7 Å². The van der Waals surface area contributed by atoms with Gasteiger partial charge >= 0.3 is 0 Å². The summed E-state index contributed by atoms with van der Waals surface area (Å²) < 4.78 is 46.7. The smallest absolute Gasteiger partial charge is 0.268 e. The minimum Gasteiger partial charge on any atom is -0.309 e. The number of carbonyl (C=O) groups is 2. The van der Waals surface area contributed by atoms with E-state index in [9.17, 15) is 18.0 Å². The lowest BCUT2D eigenvalue weighted by Gasteiger charge is -2.36. The lowest BCUT2D eigenvalue weighted by molar-refractivity contribution is -0.132. The van der Waals surface area contributed by atoms with E-state index in [1.54, 1.807) is 30.3 Å². The fourth-order valence-corrected chi connectivity index (χ4v) is 7.62. The van der Waals surface area contributed by atoms with Gasteiger partial charge in [0.05, 0.1) is 11.2 Å². The van der Waals surface area contributed by atoms with Crippen LogP contribution in [0.1, 0.15) is 46.5 Å². The number of rotatable bonds is 6. The van der Waals surface area contributed by atoms with Gasteiger partial charge in [-0.25, -0.2) is 4.39 Å². The molecule has 0 spiro atoms. The Labute approximate surface area is 176 Å². The van der Waals surface area contributed by atoms with Gasteiger partial charge in [-0.3, -0.25) is 13.8 Å². The van der Waals surface area contributed by atoms with E-state index in [0.717, 1.165) is 6.42 Å². The summed E-state index contributed by atoms with van der Waals surface area (Å²) in [5, 5.41) is 0. The van der Waals surface area contributed by atoms with Crippen molar-refractivity contribution in [3.8, 4) is 0 Å². The topological polar surface area (TPSA) is 80.8 Å². The van der Waals surface area contributed by atoms with Gasteiger partial charge in [0.2, 0.25) is 5.67 Å². The monoisotopic (exact) mass is 437 g/mol. The molecule has 0 aromatic heterocycles. The first-order chi connectivity index (χ1) is 13.9. The Balaban J connectivity index is 1.51. The zero-order valence-corrected chi connectivity index (χ0v) is 18.4. The first-order valence-electron chi connectivity index (χ1n) is 10.4. The van der Waals surface area contributed by atoms with Gasteiger partial charge in [-0.15, -0.1) is 0 Å². The van der Waals surface area contributed by atoms with Crippen molar-refractivity contribution in [3.63, 3.8) is 0 Å². The summed E-state index contributed by atoms with van der Waals surface area (Å²) >= 11 is 0. The lowest BCUT2D eigenvalue weighted by Crippen LogP contribution is -2.48. The zero-order valence-electron chi connectivity index (χ0n) is 17.6. The van der Waals surface area contributed by atoms with E-state index >= 15 is 4.39 Å². The molecule has 1 amide bonds. The van der Waals surface area contributed by atoms with E-state index in [0.29, 0.717) is 18.5 Å². The highest BCUT2D eigenvalue weighted by molar-refractivity contribution is 7.86. The molecule has 2 aliphatic carbocycles. The van der Waals surface area contributed by atoms with Gasteiger partial charge in [0.1, 0.15) is 11.9 Å². The fourth-order valence-electron chi connectivity index (χ4n) is 5.68. The molecule has 3 fully saturated rings. The molecule has 1 aromatic carbocycles. The van der Waals surface area contributed by atoms with Gasteiger partial charge in [0, 0.05) is 25.1 Å². The van der Waals surface area contributed by atoms with E-state index in [1.165, 1.54) is 11.8 Å². The van der Waals surface area contributed by atoms with Crippen LogP contribution >= 0.6 is 0 Å². The van der Waals surface area contributed by atoms with Gasteiger partial charge in [0.25, 0.3) is 16.0 Å². The van der Waals surface area contributed by atoms with Crippen molar-refractivity contribution < 1.29 is 26.6 Å². The summed E-state index contributed by atoms with van der Waals surface area (Å²) in [6, 6.07) is 8.70. The highest BCUT2D eigenvalue weighted by atomic mass is 32.2. The standard InChI is InChI=1S/C22H28FNO5S/c1-15(22(23)11-12-24(19(22)26)17-7-5-4-6-8-17)29-30(27,28)14-21-10-9-16(13-18(21)25)20(21,2)3/h4-8,15-16H,9-14H2,1-3H3/t15-,16?,21+,22+/m0/s1. The second-order valence-electron chi connectivity index (χ2n) is 9.51. The van der Waals surface area contributed by atoms with Gasteiger partial charge in [-0.05, 0) is 43.2 Å². The van der Waals surface area contributed by atoms with Crippen molar-refractivity contribution in [1.29, 1.82) is 0 Å². The van der Waals surface area contributed by atoms with E-state index in [4.69, 9.17) is 4.18 Å². The summed E-state index contributed by atoms with van der Waals surface area (Å²) in [4.78, 5) is 26.8. The van der Waals surface area contributed by atoms with Crippen LogP contribution in [0.2, 0.25) is 0 Å². The Kier molecular flexibility index (Phi) is 4.90. The second kappa shape index (κ2) is 6.85. The van der Waals surface area contributed by atoms with Gasteiger partial charge in [0.15, 0.2) is 0 Å². The number of halogens is 1. The Hall–Kier alpha value is -1.80. The largest absolute Gasteiger partial charge is 0.309 e. The number of hydrogen-bond acceptors (Lipinski definition) is 5. The minimum atomic E-state index is -4.22. The molecule has 164 valence electrons. The number of benzene rings is 1. The molecule has 1 saturated heterocycles. The van der Waals surface area contributed by atoms with Crippen LogP contribution in [-0.4, -0.2) is 44.2 Å². The lowest BCUT2D eigenvalue weighted by atomic mass is 9.70. The number of Topliss-reactive ketones (excluding diaryl/α,β-unsaturated/α-hetero) is 1. The predicted octanol–water partition coefficient (Wildman–Crippen LogP) is 3.26. The minimum absolute atomic E-state index is 0.0502. The van der Waals surface area contributed by atoms with Crippen LogP contribution < -0.4 is 4.90 Å². The van der Waals surface area contributed by atoms with Crippen LogP contribution in [0.3, 0.4) is 0 Å². The highest BCUT2D eigenvalue weighted by Gasteiger charge is 2.66. The molecule has 1 aliphatic heterocycles. The number of carbonyl (C=O) groups excluding carboxylic acids is 2. The molecule has 1 unspecified atom stereocenters. The van der Waals surface area contributed by atoms with E-state index in [1.807, 2.05) is 13.8 Å². The molecule has 4 atom stereocenters.